The van der Waals surface area contributed by atoms with Gasteiger partial charge in [-0.3, -0.25) is 10.1 Å². The number of sulfonamides is 1. The van der Waals surface area contributed by atoms with Crippen molar-refractivity contribution in [3.8, 4) is 10.6 Å². The highest BCUT2D eigenvalue weighted by Crippen LogP contribution is 2.27. The third-order valence-electron chi connectivity index (χ3n) is 4.49. The van der Waals surface area contributed by atoms with E-state index in [1.165, 1.54) is 11.3 Å². The van der Waals surface area contributed by atoms with Gasteiger partial charge in [0.1, 0.15) is 11.0 Å². The van der Waals surface area contributed by atoms with Crippen LogP contribution in [-0.2, 0) is 14.8 Å². The zero-order valence-electron chi connectivity index (χ0n) is 16.7. The van der Waals surface area contributed by atoms with Gasteiger partial charge in [-0.05, 0) is 25.3 Å². The molecule has 0 aliphatic rings. The molecule has 0 spiro atoms. The quantitative estimate of drug-likeness (QED) is 0.607. The molecular weight excluding hydrogens is 396 g/mol. The van der Waals surface area contributed by atoms with Gasteiger partial charge in [-0.1, -0.05) is 68.7 Å². The lowest BCUT2D eigenvalue weighted by Gasteiger charge is -2.22. The lowest BCUT2D eigenvalue weighted by molar-refractivity contribution is -0.118. The number of rotatable bonds is 10. The summed E-state index contributed by atoms with van der Waals surface area (Å²) >= 11 is 1.26. The standard InChI is InChI=1S/C19H28N4O3S2/c1-5-7-11-28(25,26)23-16(14(4)6-2)17(24)20-19-22-21-18(27-19)15-10-8-9-13(3)12-15/h8-10,12,14,16,23H,5-7,11H2,1-4H3,(H,20,22,24). The zero-order valence-corrected chi connectivity index (χ0v) is 18.4. The van der Waals surface area contributed by atoms with Crippen LogP contribution in [-0.4, -0.2) is 36.3 Å². The average molecular weight is 425 g/mol. The summed E-state index contributed by atoms with van der Waals surface area (Å²) in [6.45, 7) is 7.70. The largest absolute Gasteiger partial charge is 0.299 e. The summed E-state index contributed by atoms with van der Waals surface area (Å²) in [6.07, 6.45) is 1.99. The van der Waals surface area contributed by atoms with Crippen LogP contribution in [0.4, 0.5) is 5.13 Å². The molecule has 1 aromatic carbocycles. The molecule has 2 N–H and O–H groups in total. The highest BCUT2D eigenvalue weighted by atomic mass is 32.2. The summed E-state index contributed by atoms with van der Waals surface area (Å²) in [4.78, 5) is 12.8. The van der Waals surface area contributed by atoms with E-state index in [9.17, 15) is 13.2 Å². The van der Waals surface area contributed by atoms with Crippen molar-refractivity contribution >= 4 is 32.4 Å². The minimum Gasteiger partial charge on any atom is -0.299 e. The maximum Gasteiger partial charge on any atom is 0.244 e. The molecule has 0 saturated carbocycles. The zero-order chi connectivity index (χ0) is 20.7. The van der Waals surface area contributed by atoms with Crippen LogP contribution >= 0.6 is 11.3 Å². The van der Waals surface area contributed by atoms with E-state index in [-0.39, 0.29) is 11.7 Å². The van der Waals surface area contributed by atoms with E-state index in [2.05, 4.69) is 20.2 Å². The van der Waals surface area contributed by atoms with Crippen molar-refractivity contribution in [1.29, 1.82) is 0 Å². The number of anilines is 1. The van der Waals surface area contributed by atoms with E-state index in [0.717, 1.165) is 17.5 Å². The number of carbonyl (C=O) groups excluding carboxylic acids is 1. The van der Waals surface area contributed by atoms with Crippen molar-refractivity contribution in [3.05, 3.63) is 29.8 Å². The van der Waals surface area contributed by atoms with Crippen molar-refractivity contribution in [2.75, 3.05) is 11.1 Å². The van der Waals surface area contributed by atoms with Crippen molar-refractivity contribution < 1.29 is 13.2 Å². The fourth-order valence-corrected chi connectivity index (χ4v) is 4.86. The van der Waals surface area contributed by atoms with Gasteiger partial charge in [0, 0.05) is 5.56 Å². The van der Waals surface area contributed by atoms with Crippen molar-refractivity contribution in [2.24, 2.45) is 5.92 Å². The highest BCUT2D eigenvalue weighted by Gasteiger charge is 2.29. The molecule has 7 nitrogen and oxygen atoms in total. The molecule has 0 aliphatic heterocycles. The summed E-state index contributed by atoms with van der Waals surface area (Å²) < 4.78 is 27.1. The maximum absolute atomic E-state index is 12.8. The molecule has 1 aromatic heterocycles. The molecule has 2 unspecified atom stereocenters. The smallest absolute Gasteiger partial charge is 0.244 e. The van der Waals surface area contributed by atoms with Crippen LogP contribution < -0.4 is 10.0 Å². The topological polar surface area (TPSA) is 101 Å². The van der Waals surface area contributed by atoms with Gasteiger partial charge in [0.15, 0.2) is 0 Å². The van der Waals surface area contributed by atoms with Crippen molar-refractivity contribution in [2.45, 2.75) is 53.0 Å². The van der Waals surface area contributed by atoms with E-state index < -0.39 is 22.0 Å². The summed E-state index contributed by atoms with van der Waals surface area (Å²) in [6, 6.07) is 7.01. The molecular formula is C19H28N4O3S2. The number of nitrogens with zero attached hydrogens (tertiary/aromatic N) is 2. The second kappa shape index (κ2) is 10.1. The monoisotopic (exact) mass is 424 g/mol. The third-order valence-corrected chi connectivity index (χ3v) is 6.82. The molecule has 0 radical (unpaired) electrons. The second-order valence-electron chi connectivity index (χ2n) is 6.92. The normalized spacial score (nSPS) is 13.9. The van der Waals surface area contributed by atoms with E-state index in [4.69, 9.17) is 0 Å². The molecule has 28 heavy (non-hydrogen) atoms. The van der Waals surface area contributed by atoms with Gasteiger partial charge in [0.2, 0.25) is 21.1 Å². The number of benzene rings is 1. The molecule has 0 aliphatic carbocycles. The number of amides is 1. The van der Waals surface area contributed by atoms with Crippen LogP contribution in [0, 0.1) is 12.8 Å². The Morgan fingerprint density at radius 2 is 2.00 bits per heavy atom. The molecule has 0 saturated heterocycles. The number of aromatic nitrogens is 2. The number of nitrogens with one attached hydrogen (secondary N) is 2. The van der Waals surface area contributed by atoms with Crippen LogP contribution in [0.3, 0.4) is 0 Å². The van der Waals surface area contributed by atoms with Crippen LogP contribution in [0.5, 0.6) is 0 Å². The second-order valence-corrected chi connectivity index (χ2v) is 9.78. The Hall–Kier alpha value is -1.84. The molecule has 2 aromatic rings. The first kappa shape index (κ1) is 22.4. The summed E-state index contributed by atoms with van der Waals surface area (Å²) in [5.74, 6) is -0.554. The Morgan fingerprint density at radius 3 is 2.64 bits per heavy atom. The first-order chi connectivity index (χ1) is 13.3. The van der Waals surface area contributed by atoms with E-state index in [0.29, 0.717) is 23.0 Å². The Morgan fingerprint density at radius 1 is 1.25 bits per heavy atom. The Labute approximate surface area is 171 Å². The molecule has 1 heterocycles. The fourth-order valence-electron chi connectivity index (χ4n) is 2.60. The lowest BCUT2D eigenvalue weighted by atomic mass is 9.99. The van der Waals surface area contributed by atoms with Gasteiger partial charge in [-0.2, -0.15) is 0 Å². The number of hydrogen-bond donors (Lipinski definition) is 2. The maximum atomic E-state index is 12.8. The minimum absolute atomic E-state index is 0.0139. The van der Waals surface area contributed by atoms with Gasteiger partial charge in [0.25, 0.3) is 0 Å². The minimum atomic E-state index is -3.52. The number of aryl methyl sites for hydroxylation is 1. The van der Waals surface area contributed by atoms with E-state index in [1.54, 1.807) is 0 Å². The van der Waals surface area contributed by atoms with E-state index >= 15 is 0 Å². The molecule has 0 bridgehead atoms. The van der Waals surface area contributed by atoms with Crippen LogP contribution in [0.2, 0.25) is 0 Å². The van der Waals surface area contributed by atoms with Gasteiger partial charge in [0.05, 0.1) is 5.75 Å². The lowest BCUT2D eigenvalue weighted by Crippen LogP contribution is -2.48. The van der Waals surface area contributed by atoms with Gasteiger partial charge in [-0.25, -0.2) is 13.1 Å². The third kappa shape index (κ3) is 6.35. The van der Waals surface area contributed by atoms with Crippen LogP contribution in [0.15, 0.2) is 24.3 Å². The van der Waals surface area contributed by atoms with Gasteiger partial charge < -0.3 is 0 Å². The first-order valence-corrected chi connectivity index (χ1v) is 11.9. The van der Waals surface area contributed by atoms with Crippen LogP contribution in [0.1, 0.15) is 45.6 Å². The van der Waals surface area contributed by atoms with E-state index in [1.807, 2.05) is 52.0 Å². The number of carbonyl (C=O) groups is 1. The Kier molecular flexibility index (Phi) is 8.09. The highest BCUT2D eigenvalue weighted by molar-refractivity contribution is 7.89. The summed E-state index contributed by atoms with van der Waals surface area (Å²) in [7, 11) is -3.52. The molecule has 2 rings (SSSR count). The molecule has 0 fully saturated rings. The number of unbranched alkanes of at least 4 members (excludes halogenated alkanes) is 1. The van der Waals surface area contributed by atoms with Crippen LogP contribution in [0.25, 0.3) is 10.6 Å². The van der Waals surface area contributed by atoms with Crippen molar-refractivity contribution in [3.63, 3.8) is 0 Å². The van der Waals surface area contributed by atoms with Gasteiger partial charge in [-0.15, -0.1) is 10.2 Å². The molecule has 9 heteroatoms. The van der Waals surface area contributed by atoms with Crippen molar-refractivity contribution in [1.82, 2.24) is 14.9 Å². The summed E-state index contributed by atoms with van der Waals surface area (Å²) in [5.41, 5.74) is 2.04. The van der Waals surface area contributed by atoms with Gasteiger partial charge >= 0.3 is 0 Å². The Balaban J connectivity index is 2.13. The molecule has 2 atom stereocenters. The fraction of sp³-hybridized carbons (Fsp3) is 0.526. The predicted molar refractivity (Wildman–Crippen MR) is 114 cm³/mol. The SMILES string of the molecule is CCCCS(=O)(=O)NC(C(=O)Nc1nnc(-c2cccc(C)c2)s1)C(C)CC. The predicted octanol–water partition coefficient (Wildman–Crippen LogP) is 3.59. The molecule has 154 valence electrons. The Bertz CT molecular complexity index is 896. The average Bonchev–Trinajstić information content (AvgIpc) is 3.12. The number of hydrogen-bond acceptors (Lipinski definition) is 6. The first-order valence-electron chi connectivity index (χ1n) is 9.47. The summed E-state index contributed by atoms with van der Waals surface area (Å²) in [5, 5.41) is 11.9. The molecule has 1 amide bonds.